The normalized spacial score (nSPS) is 15.0. The Hall–Kier alpha value is -2.24. The molecule has 0 N–H and O–H groups in total. The molecule has 144 valence electrons. The second-order valence-electron chi connectivity index (χ2n) is 7.72. The summed E-state index contributed by atoms with van der Waals surface area (Å²) in [5.41, 5.74) is 1.69. The van der Waals surface area contributed by atoms with Gasteiger partial charge in [0.25, 0.3) is 0 Å². The van der Waals surface area contributed by atoms with Crippen LogP contribution in [0.15, 0.2) is 18.2 Å². The van der Waals surface area contributed by atoms with Gasteiger partial charge in [0.2, 0.25) is 5.91 Å². The fourth-order valence-corrected chi connectivity index (χ4v) is 2.73. The van der Waals surface area contributed by atoms with E-state index in [2.05, 4.69) is 0 Å². The average Bonchev–Trinajstić information content (AvgIpc) is 2.56. The monoisotopic (exact) mass is 362 g/mol. The highest BCUT2D eigenvalue weighted by Crippen LogP contribution is 2.19. The van der Waals surface area contributed by atoms with E-state index in [9.17, 15) is 9.59 Å². The van der Waals surface area contributed by atoms with Crippen LogP contribution in [0.25, 0.3) is 0 Å². The largest absolute Gasteiger partial charge is 0.493 e. The average molecular weight is 362 g/mol. The number of amides is 2. The second kappa shape index (κ2) is 8.43. The van der Waals surface area contributed by atoms with E-state index in [4.69, 9.17) is 9.47 Å². The molecule has 1 aromatic carbocycles. The summed E-state index contributed by atoms with van der Waals surface area (Å²) < 4.78 is 11.1. The van der Waals surface area contributed by atoms with Gasteiger partial charge in [-0.25, -0.2) is 4.79 Å². The van der Waals surface area contributed by atoms with Crippen molar-refractivity contribution in [2.24, 2.45) is 0 Å². The van der Waals surface area contributed by atoms with Gasteiger partial charge in [-0.3, -0.25) is 4.79 Å². The van der Waals surface area contributed by atoms with Crippen molar-refractivity contribution in [1.82, 2.24) is 9.80 Å². The van der Waals surface area contributed by atoms with Gasteiger partial charge in [-0.2, -0.15) is 0 Å². The Bertz CT molecular complexity index is 644. The molecule has 1 aliphatic rings. The maximum absolute atomic E-state index is 12.4. The van der Waals surface area contributed by atoms with Crippen LogP contribution >= 0.6 is 0 Å². The molecule has 6 heteroatoms. The zero-order valence-corrected chi connectivity index (χ0v) is 16.5. The fraction of sp³-hybridized carbons (Fsp3) is 0.600. The zero-order valence-electron chi connectivity index (χ0n) is 16.5. The molecule has 1 aromatic rings. The van der Waals surface area contributed by atoms with Gasteiger partial charge in [-0.15, -0.1) is 0 Å². The van der Waals surface area contributed by atoms with Crippen LogP contribution in [0.4, 0.5) is 4.79 Å². The number of carbonyl (C=O) groups is 2. The highest BCUT2D eigenvalue weighted by Gasteiger charge is 2.27. The van der Waals surface area contributed by atoms with E-state index in [1.165, 1.54) is 0 Å². The Morgan fingerprint density at radius 3 is 2.27 bits per heavy atom. The minimum atomic E-state index is -0.505. The van der Waals surface area contributed by atoms with Crippen LogP contribution < -0.4 is 4.74 Å². The fourth-order valence-electron chi connectivity index (χ4n) is 2.73. The van der Waals surface area contributed by atoms with Gasteiger partial charge in [0.05, 0.1) is 13.0 Å². The van der Waals surface area contributed by atoms with Crippen molar-refractivity contribution in [3.8, 4) is 5.75 Å². The van der Waals surface area contributed by atoms with Crippen LogP contribution in [0.1, 0.15) is 38.3 Å². The first-order valence-electron chi connectivity index (χ1n) is 9.11. The van der Waals surface area contributed by atoms with Crippen LogP contribution in [-0.4, -0.2) is 60.2 Å². The third-order valence-corrected chi connectivity index (χ3v) is 4.20. The molecule has 1 saturated heterocycles. The Balaban J connectivity index is 1.74. The van der Waals surface area contributed by atoms with E-state index in [1.54, 1.807) is 9.80 Å². The first-order valence-corrected chi connectivity index (χ1v) is 9.11. The number of ether oxygens (including phenoxy) is 2. The first kappa shape index (κ1) is 20.1. The third-order valence-electron chi connectivity index (χ3n) is 4.20. The quantitative estimate of drug-likeness (QED) is 0.826. The van der Waals surface area contributed by atoms with E-state index in [0.29, 0.717) is 39.2 Å². The Morgan fingerprint density at radius 2 is 1.65 bits per heavy atom. The Labute approximate surface area is 156 Å². The van der Waals surface area contributed by atoms with Gasteiger partial charge < -0.3 is 19.3 Å². The third kappa shape index (κ3) is 5.93. The molecule has 0 aliphatic carbocycles. The van der Waals surface area contributed by atoms with Gasteiger partial charge in [0.15, 0.2) is 0 Å². The topological polar surface area (TPSA) is 59.1 Å². The molecule has 0 bridgehead atoms. The van der Waals surface area contributed by atoms with E-state index in [0.717, 1.165) is 16.9 Å². The van der Waals surface area contributed by atoms with Gasteiger partial charge in [0, 0.05) is 26.2 Å². The van der Waals surface area contributed by atoms with Crippen LogP contribution in [0.5, 0.6) is 5.75 Å². The maximum atomic E-state index is 12.4. The molecule has 0 spiro atoms. The SMILES string of the molecule is Cc1ccc(C)c(OCCC(=O)N2CCN(C(=O)OC(C)(C)C)CC2)c1. The van der Waals surface area contributed by atoms with Gasteiger partial charge >= 0.3 is 6.09 Å². The first-order chi connectivity index (χ1) is 12.2. The molecular weight excluding hydrogens is 332 g/mol. The molecule has 6 nitrogen and oxygen atoms in total. The van der Waals surface area contributed by atoms with E-state index in [1.807, 2.05) is 52.8 Å². The number of benzene rings is 1. The minimum Gasteiger partial charge on any atom is -0.493 e. The Morgan fingerprint density at radius 1 is 1.04 bits per heavy atom. The summed E-state index contributed by atoms with van der Waals surface area (Å²) >= 11 is 0. The number of rotatable bonds is 4. The molecule has 0 saturated carbocycles. The summed E-state index contributed by atoms with van der Waals surface area (Å²) in [6.07, 6.45) is 0.0164. The van der Waals surface area contributed by atoms with Gasteiger partial charge in [0.1, 0.15) is 11.4 Å². The summed E-state index contributed by atoms with van der Waals surface area (Å²) in [5.74, 6) is 0.881. The molecule has 0 unspecified atom stereocenters. The van der Waals surface area contributed by atoms with Gasteiger partial charge in [-0.1, -0.05) is 12.1 Å². The summed E-state index contributed by atoms with van der Waals surface area (Å²) in [5, 5.41) is 0. The number of hydrogen-bond acceptors (Lipinski definition) is 4. The molecule has 1 fully saturated rings. The van der Waals surface area contributed by atoms with Crippen LogP contribution in [0, 0.1) is 13.8 Å². The molecule has 26 heavy (non-hydrogen) atoms. The lowest BCUT2D eigenvalue weighted by molar-refractivity contribution is -0.133. The highest BCUT2D eigenvalue weighted by atomic mass is 16.6. The van der Waals surface area contributed by atoms with Crippen molar-refractivity contribution in [3.05, 3.63) is 29.3 Å². The molecule has 1 heterocycles. The second-order valence-corrected chi connectivity index (χ2v) is 7.72. The lowest BCUT2D eigenvalue weighted by Gasteiger charge is -2.35. The molecule has 2 amide bonds. The molecule has 0 radical (unpaired) electrons. The molecular formula is C20H30N2O4. The smallest absolute Gasteiger partial charge is 0.410 e. The van der Waals surface area contributed by atoms with Crippen LogP contribution in [-0.2, 0) is 9.53 Å². The predicted octanol–water partition coefficient (Wildman–Crippen LogP) is 3.15. The molecule has 0 aromatic heterocycles. The van der Waals surface area contributed by atoms with Crippen LogP contribution in [0.3, 0.4) is 0 Å². The molecule has 1 aliphatic heterocycles. The van der Waals surface area contributed by atoms with Crippen LogP contribution in [0.2, 0.25) is 0 Å². The number of nitrogens with zero attached hydrogens (tertiary/aromatic N) is 2. The van der Waals surface area contributed by atoms with Crippen molar-refractivity contribution in [1.29, 1.82) is 0 Å². The minimum absolute atomic E-state index is 0.0548. The number of hydrogen-bond donors (Lipinski definition) is 0. The van der Waals surface area contributed by atoms with E-state index >= 15 is 0 Å². The number of carbonyl (C=O) groups excluding carboxylic acids is 2. The van der Waals surface area contributed by atoms with Crippen molar-refractivity contribution < 1.29 is 19.1 Å². The summed E-state index contributed by atoms with van der Waals surface area (Å²) in [4.78, 5) is 27.9. The standard InChI is InChI=1S/C20H30N2O4/c1-15-6-7-16(2)17(14-15)25-13-8-18(23)21-9-11-22(12-10-21)19(24)26-20(3,4)5/h6-7,14H,8-13H2,1-5H3. The van der Waals surface area contributed by atoms with Crippen molar-refractivity contribution >= 4 is 12.0 Å². The van der Waals surface area contributed by atoms with Crippen molar-refractivity contribution in [2.45, 2.75) is 46.6 Å². The summed E-state index contributed by atoms with van der Waals surface area (Å²) in [6.45, 7) is 12.0. The molecule has 2 rings (SSSR count). The van der Waals surface area contributed by atoms with E-state index < -0.39 is 5.60 Å². The number of piperazine rings is 1. The lowest BCUT2D eigenvalue weighted by Crippen LogP contribution is -2.51. The number of aryl methyl sites for hydroxylation is 2. The van der Waals surface area contributed by atoms with Crippen molar-refractivity contribution in [2.75, 3.05) is 32.8 Å². The summed E-state index contributed by atoms with van der Waals surface area (Å²) in [6, 6.07) is 6.04. The molecule has 0 atom stereocenters. The summed E-state index contributed by atoms with van der Waals surface area (Å²) in [7, 11) is 0. The van der Waals surface area contributed by atoms with Crippen molar-refractivity contribution in [3.63, 3.8) is 0 Å². The Kier molecular flexibility index (Phi) is 6.51. The predicted molar refractivity (Wildman–Crippen MR) is 100 cm³/mol. The van der Waals surface area contributed by atoms with E-state index in [-0.39, 0.29) is 12.0 Å². The highest BCUT2D eigenvalue weighted by molar-refractivity contribution is 5.77. The van der Waals surface area contributed by atoms with Gasteiger partial charge in [-0.05, 0) is 51.8 Å². The zero-order chi connectivity index (χ0) is 19.3. The lowest BCUT2D eigenvalue weighted by atomic mass is 10.1. The maximum Gasteiger partial charge on any atom is 0.410 e.